The Kier molecular flexibility index (Phi) is 5.68. The van der Waals surface area contributed by atoms with Gasteiger partial charge < -0.3 is 20.3 Å². The molecule has 7 nitrogen and oxygen atoms in total. The second-order valence-electron chi connectivity index (χ2n) is 6.12. The van der Waals surface area contributed by atoms with Crippen LogP contribution in [0.5, 0.6) is 5.75 Å². The summed E-state index contributed by atoms with van der Waals surface area (Å²) in [5.41, 5.74) is 1.50. The lowest BCUT2D eigenvalue weighted by molar-refractivity contribution is -0.128. The zero-order chi connectivity index (χ0) is 18.4. The second-order valence-corrected chi connectivity index (χ2v) is 6.12. The van der Waals surface area contributed by atoms with E-state index in [0.717, 1.165) is 5.69 Å². The summed E-state index contributed by atoms with van der Waals surface area (Å²) in [6.07, 6.45) is 3.03. The van der Waals surface area contributed by atoms with Gasteiger partial charge in [-0.25, -0.2) is 4.79 Å². The molecule has 1 aliphatic rings. The van der Waals surface area contributed by atoms with Crippen molar-refractivity contribution in [2.45, 2.75) is 18.9 Å². The summed E-state index contributed by atoms with van der Waals surface area (Å²) in [5, 5.41) is 5.47. The average molecular weight is 354 g/mol. The quantitative estimate of drug-likeness (QED) is 0.832. The van der Waals surface area contributed by atoms with Gasteiger partial charge in [-0.1, -0.05) is 18.2 Å². The average Bonchev–Trinajstić information content (AvgIpc) is 2.96. The molecule has 0 unspecified atom stereocenters. The summed E-state index contributed by atoms with van der Waals surface area (Å²) >= 11 is 0. The van der Waals surface area contributed by atoms with Crippen molar-refractivity contribution in [2.24, 2.45) is 0 Å². The number of pyridine rings is 1. The minimum Gasteiger partial charge on any atom is -0.491 e. The van der Waals surface area contributed by atoms with Crippen LogP contribution in [0.25, 0.3) is 0 Å². The molecule has 1 saturated heterocycles. The lowest BCUT2D eigenvalue weighted by atomic mass is 10.2. The molecular weight excluding hydrogens is 332 g/mol. The Morgan fingerprint density at radius 2 is 2.08 bits per heavy atom. The Morgan fingerprint density at radius 3 is 2.81 bits per heavy atom. The standard InChI is InChI=1S/C19H22N4O3/c1-23-12-9-16(18(23)24)22-19(25)21-15-7-2-3-8-17(15)26-13-10-14-6-4-5-11-20-14/h2-8,11,16H,9-10,12-13H2,1H3,(H2,21,22,25)/t16-/m0/s1. The number of urea groups is 1. The number of hydrogen-bond acceptors (Lipinski definition) is 4. The number of aromatic nitrogens is 1. The van der Waals surface area contributed by atoms with Gasteiger partial charge in [0, 0.05) is 31.9 Å². The van der Waals surface area contributed by atoms with Crippen molar-refractivity contribution in [1.29, 1.82) is 0 Å². The number of amides is 3. The molecule has 0 spiro atoms. The first kappa shape index (κ1) is 17.7. The van der Waals surface area contributed by atoms with Crippen molar-refractivity contribution in [3.05, 3.63) is 54.4 Å². The summed E-state index contributed by atoms with van der Waals surface area (Å²) < 4.78 is 5.79. The minimum atomic E-state index is -0.475. The zero-order valence-corrected chi connectivity index (χ0v) is 14.6. The highest BCUT2D eigenvalue weighted by molar-refractivity contribution is 5.95. The van der Waals surface area contributed by atoms with Crippen LogP contribution < -0.4 is 15.4 Å². The third kappa shape index (κ3) is 4.50. The molecule has 2 heterocycles. The molecule has 0 bridgehead atoms. The van der Waals surface area contributed by atoms with Gasteiger partial charge in [0.15, 0.2) is 0 Å². The van der Waals surface area contributed by atoms with E-state index in [-0.39, 0.29) is 5.91 Å². The Bertz CT molecular complexity index is 766. The fourth-order valence-corrected chi connectivity index (χ4v) is 2.78. The Balaban J connectivity index is 1.55. The van der Waals surface area contributed by atoms with E-state index < -0.39 is 12.1 Å². The fraction of sp³-hybridized carbons (Fsp3) is 0.316. The van der Waals surface area contributed by atoms with Gasteiger partial charge in [-0.2, -0.15) is 0 Å². The second kappa shape index (κ2) is 8.33. The monoisotopic (exact) mass is 354 g/mol. The van der Waals surface area contributed by atoms with Crippen LogP contribution in [0, 0.1) is 0 Å². The molecule has 1 aromatic heterocycles. The van der Waals surface area contributed by atoms with Gasteiger partial charge in [0.25, 0.3) is 0 Å². The van der Waals surface area contributed by atoms with Crippen molar-refractivity contribution >= 4 is 17.6 Å². The van der Waals surface area contributed by atoms with E-state index in [2.05, 4.69) is 15.6 Å². The number of para-hydroxylation sites is 2. The number of ether oxygens (including phenoxy) is 1. The minimum absolute atomic E-state index is 0.0694. The summed E-state index contributed by atoms with van der Waals surface area (Å²) in [6, 6.07) is 12.1. The number of nitrogens with zero attached hydrogens (tertiary/aromatic N) is 2. The van der Waals surface area contributed by atoms with Gasteiger partial charge >= 0.3 is 6.03 Å². The van der Waals surface area contributed by atoms with Gasteiger partial charge in [-0.05, 0) is 30.7 Å². The highest BCUT2D eigenvalue weighted by Gasteiger charge is 2.30. The Hall–Kier alpha value is -3.09. The molecule has 0 saturated carbocycles. The van der Waals surface area contributed by atoms with Crippen molar-refractivity contribution in [3.63, 3.8) is 0 Å². The summed E-state index contributed by atoms with van der Waals surface area (Å²) in [4.78, 5) is 30.0. The smallest absolute Gasteiger partial charge is 0.319 e. The van der Waals surface area contributed by atoms with Gasteiger partial charge in [-0.15, -0.1) is 0 Å². The van der Waals surface area contributed by atoms with Gasteiger partial charge in [0.1, 0.15) is 11.8 Å². The summed E-state index contributed by atoms with van der Waals surface area (Å²) in [7, 11) is 1.73. The van der Waals surface area contributed by atoms with Crippen molar-refractivity contribution in [3.8, 4) is 5.75 Å². The van der Waals surface area contributed by atoms with E-state index in [1.807, 2.05) is 30.3 Å². The lowest BCUT2D eigenvalue weighted by Crippen LogP contribution is -2.42. The third-order valence-corrected chi connectivity index (χ3v) is 4.21. The molecule has 7 heteroatoms. The number of carbonyl (C=O) groups is 2. The zero-order valence-electron chi connectivity index (χ0n) is 14.6. The van der Waals surface area contributed by atoms with E-state index >= 15 is 0 Å². The van der Waals surface area contributed by atoms with Crippen LogP contribution >= 0.6 is 0 Å². The molecule has 0 radical (unpaired) electrons. The first-order valence-electron chi connectivity index (χ1n) is 8.58. The first-order valence-corrected chi connectivity index (χ1v) is 8.58. The molecule has 1 aliphatic heterocycles. The number of benzene rings is 1. The molecule has 1 atom stereocenters. The predicted molar refractivity (Wildman–Crippen MR) is 98.1 cm³/mol. The van der Waals surface area contributed by atoms with Gasteiger partial charge in [0.2, 0.25) is 5.91 Å². The molecule has 136 valence electrons. The summed E-state index contributed by atoms with van der Waals surface area (Å²) in [5.74, 6) is 0.508. The third-order valence-electron chi connectivity index (χ3n) is 4.21. The molecule has 26 heavy (non-hydrogen) atoms. The number of carbonyl (C=O) groups excluding carboxylic acids is 2. The maximum atomic E-state index is 12.2. The molecule has 1 aromatic carbocycles. The number of likely N-dealkylation sites (N-methyl/N-ethyl adjacent to an activating group) is 1. The van der Waals surface area contributed by atoms with Gasteiger partial charge in [0.05, 0.1) is 12.3 Å². The highest BCUT2D eigenvalue weighted by Crippen LogP contribution is 2.24. The number of rotatable bonds is 6. The molecular formula is C19H22N4O3. The maximum Gasteiger partial charge on any atom is 0.319 e. The molecule has 1 fully saturated rings. The fourth-order valence-electron chi connectivity index (χ4n) is 2.78. The van der Waals surface area contributed by atoms with Gasteiger partial charge in [-0.3, -0.25) is 9.78 Å². The topological polar surface area (TPSA) is 83.6 Å². The maximum absolute atomic E-state index is 12.2. The first-order chi connectivity index (χ1) is 12.6. The van der Waals surface area contributed by atoms with Crippen molar-refractivity contribution < 1.29 is 14.3 Å². The Morgan fingerprint density at radius 1 is 1.27 bits per heavy atom. The van der Waals surface area contributed by atoms with Crippen LogP contribution in [0.1, 0.15) is 12.1 Å². The highest BCUT2D eigenvalue weighted by atomic mass is 16.5. The molecule has 0 aliphatic carbocycles. The Labute approximate surface area is 152 Å². The summed E-state index contributed by atoms with van der Waals surface area (Å²) in [6.45, 7) is 1.10. The van der Waals surface area contributed by atoms with E-state index in [1.165, 1.54) is 0 Å². The normalized spacial score (nSPS) is 16.4. The van der Waals surface area contributed by atoms with Crippen LogP contribution in [0.2, 0.25) is 0 Å². The number of hydrogen-bond donors (Lipinski definition) is 2. The molecule has 3 rings (SSSR count). The van der Waals surface area contributed by atoms with Crippen LogP contribution in [0.15, 0.2) is 48.7 Å². The van der Waals surface area contributed by atoms with Crippen LogP contribution in [0.4, 0.5) is 10.5 Å². The molecule has 2 N–H and O–H groups in total. The molecule has 2 aromatic rings. The van der Waals surface area contributed by atoms with E-state index in [9.17, 15) is 9.59 Å². The van der Waals surface area contributed by atoms with Crippen molar-refractivity contribution in [2.75, 3.05) is 25.5 Å². The van der Waals surface area contributed by atoms with Crippen LogP contribution in [0.3, 0.4) is 0 Å². The number of nitrogens with one attached hydrogen (secondary N) is 2. The lowest BCUT2D eigenvalue weighted by Gasteiger charge is -2.15. The largest absolute Gasteiger partial charge is 0.491 e. The predicted octanol–water partition coefficient (Wildman–Crippen LogP) is 2.06. The van der Waals surface area contributed by atoms with E-state index in [1.54, 1.807) is 30.3 Å². The van der Waals surface area contributed by atoms with Crippen LogP contribution in [-0.4, -0.2) is 48.1 Å². The van der Waals surface area contributed by atoms with Crippen LogP contribution in [-0.2, 0) is 11.2 Å². The number of likely N-dealkylation sites (tertiary alicyclic amines) is 1. The van der Waals surface area contributed by atoms with Crippen molar-refractivity contribution in [1.82, 2.24) is 15.2 Å². The van der Waals surface area contributed by atoms with E-state index in [0.29, 0.717) is 37.4 Å². The molecule has 3 amide bonds. The van der Waals surface area contributed by atoms with E-state index in [4.69, 9.17) is 4.74 Å². The number of anilines is 1. The SMILES string of the molecule is CN1CC[C@H](NC(=O)Nc2ccccc2OCCc2ccccn2)C1=O.